The SMILES string of the molecule is c1ccc(SCC2=N[C@@H](c3ccccc3)c3ccccc3-n3cccc32)cc1. The van der Waals surface area contributed by atoms with Gasteiger partial charge >= 0.3 is 0 Å². The highest BCUT2D eigenvalue weighted by atomic mass is 32.2. The van der Waals surface area contributed by atoms with Crippen LogP contribution in [0.15, 0.2) is 113 Å². The number of hydrogen-bond acceptors (Lipinski definition) is 2. The highest BCUT2D eigenvalue weighted by Crippen LogP contribution is 2.35. The fourth-order valence-corrected chi connectivity index (χ4v) is 4.60. The van der Waals surface area contributed by atoms with E-state index in [2.05, 4.69) is 108 Å². The molecule has 0 amide bonds. The van der Waals surface area contributed by atoms with Crippen LogP contribution in [-0.2, 0) is 0 Å². The minimum Gasteiger partial charge on any atom is -0.315 e. The molecule has 0 aliphatic carbocycles. The van der Waals surface area contributed by atoms with Gasteiger partial charge in [-0.2, -0.15) is 0 Å². The maximum absolute atomic E-state index is 5.29. The molecule has 1 atom stereocenters. The van der Waals surface area contributed by atoms with E-state index in [0.29, 0.717) is 0 Å². The van der Waals surface area contributed by atoms with Crippen molar-refractivity contribution in [1.82, 2.24) is 4.57 Å². The van der Waals surface area contributed by atoms with Gasteiger partial charge in [-0.1, -0.05) is 66.7 Å². The summed E-state index contributed by atoms with van der Waals surface area (Å²) in [5.41, 5.74) is 5.98. The first-order chi connectivity index (χ1) is 13.9. The number of aromatic nitrogens is 1. The summed E-state index contributed by atoms with van der Waals surface area (Å²) in [5.74, 6) is 0.839. The lowest BCUT2D eigenvalue weighted by Crippen LogP contribution is -2.09. The van der Waals surface area contributed by atoms with Gasteiger partial charge in [0.15, 0.2) is 0 Å². The van der Waals surface area contributed by atoms with E-state index < -0.39 is 0 Å². The second-order valence-electron chi connectivity index (χ2n) is 6.81. The molecule has 0 fully saturated rings. The smallest absolute Gasteiger partial charge is 0.102 e. The van der Waals surface area contributed by atoms with Gasteiger partial charge in [0.2, 0.25) is 0 Å². The molecule has 0 saturated heterocycles. The third-order valence-corrected chi connectivity index (χ3v) is 6.08. The first-order valence-electron chi connectivity index (χ1n) is 9.46. The molecular weight excluding hydrogens is 360 g/mol. The quantitative estimate of drug-likeness (QED) is 0.387. The first kappa shape index (κ1) is 17.1. The fourth-order valence-electron chi connectivity index (χ4n) is 3.72. The Bertz CT molecular complexity index is 1110. The van der Waals surface area contributed by atoms with E-state index >= 15 is 0 Å². The lowest BCUT2D eigenvalue weighted by atomic mass is 9.98. The van der Waals surface area contributed by atoms with Crippen molar-refractivity contribution in [1.29, 1.82) is 0 Å². The Balaban J connectivity index is 1.62. The third kappa shape index (κ3) is 3.19. The number of hydrogen-bond donors (Lipinski definition) is 0. The number of aliphatic imine (C=N–C) groups is 1. The number of benzene rings is 3. The standard InChI is InChI=1S/C25H20N2S/c1-3-10-19(11-4-1)25-21-14-7-8-15-23(21)27-17-9-16-24(27)22(26-25)18-28-20-12-5-2-6-13-20/h1-17,25H,18H2/t25-/m0/s1. The topological polar surface area (TPSA) is 17.3 Å². The summed E-state index contributed by atoms with van der Waals surface area (Å²) >= 11 is 1.84. The summed E-state index contributed by atoms with van der Waals surface area (Å²) < 4.78 is 2.28. The average Bonchev–Trinajstić information content (AvgIpc) is 3.20. The van der Waals surface area contributed by atoms with E-state index in [-0.39, 0.29) is 6.04 Å². The van der Waals surface area contributed by atoms with Gasteiger partial charge in [0.05, 0.1) is 17.1 Å². The Labute approximate surface area is 169 Å². The zero-order chi connectivity index (χ0) is 18.8. The van der Waals surface area contributed by atoms with Crippen LogP contribution in [0.5, 0.6) is 0 Å². The van der Waals surface area contributed by atoms with Crippen molar-refractivity contribution < 1.29 is 0 Å². The summed E-state index contributed by atoms with van der Waals surface area (Å²) in [7, 11) is 0. The molecule has 5 rings (SSSR count). The van der Waals surface area contributed by atoms with Gasteiger partial charge in [-0.3, -0.25) is 4.99 Å². The molecule has 1 aliphatic heterocycles. The molecule has 28 heavy (non-hydrogen) atoms. The fraction of sp³-hybridized carbons (Fsp3) is 0.0800. The summed E-state index contributed by atoms with van der Waals surface area (Å²) in [4.78, 5) is 6.56. The van der Waals surface area contributed by atoms with Crippen LogP contribution in [0.2, 0.25) is 0 Å². The van der Waals surface area contributed by atoms with E-state index in [1.165, 1.54) is 27.4 Å². The Hall–Kier alpha value is -3.04. The molecule has 2 heterocycles. The van der Waals surface area contributed by atoms with Crippen LogP contribution >= 0.6 is 11.8 Å². The van der Waals surface area contributed by atoms with Crippen molar-refractivity contribution in [2.45, 2.75) is 10.9 Å². The molecule has 4 aromatic rings. The van der Waals surface area contributed by atoms with Crippen LogP contribution in [0.3, 0.4) is 0 Å². The van der Waals surface area contributed by atoms with E-state index in [1.807, 2.05) is 11.8 Å². The van der Waals surface area contributed by atoms with Crippen LogP contribution < -0.4 is 0 Å². The normalized spacial score (nSPS) is 15.3. The molecule has 3 heteroatoms. The minimum absolute atomic E-state index is 0.00340. The molecule has 0 bridgehead atoms. The zero-order valence-electron chi connectivity index (χ0n) is 15.4. The molecule has 0 N–H and O–H groups in total. The maximum Gasteiger partial charge on any atom is 0.102 e. The molecule has 3 aromatic carbocycles. The van der Waals surface area contributed by atoms with E-state index in [4.69, 9.17) is 4.99 Å². The van der Waals surface area contributed by atoms with Gasteiger partial charge < -0.3 is 4.57 Å². The van der Waals surface area contributed by atoms with Crippen LogP contribution in [0.1, 0.15) is 22.9 Å². The van der Waals surface area contributed by atoms with Gasteiger partial charge in [-0.05, 0) is 35.9 Å². The highest BCUT2D eigenvalue weighted by Gasteiger charge is 2.24. The van der Waals surface area contributed by atoms with Gasteiger partial charge in [-0.25, -0.2) is 0 Å². The van der Waals surface area contributed by atoms with Crippen LogP contribution in [-0.4, -0.2) is 16.0 Å². The first-order valence-corrected chi connectivity index (χ1v) is 10.5. The minimum atomic E-state index is 0.00340. The Morgan fingerprint density at radius 1 is 0.750 bits per heavy atom. The summed E-state index contributed by atoms with van der Waals surface area (Å²) in [6.45, 7) is 0. The predicted molar refractivity (Wildman–Crippen MR) is 118 cm³/mol. The number of rotatable bonds is 4. The van der Waals surface area contributed by atoms with Crippen molar-refractivity contribution in [3.05, 3.63) is 120 Å². The number of thioether (sulfide) groups is 1. The summed E-state index contributed by atoms with van der Waals surface area (Å²) in [6.07, 6.45) is 2.14. The van der Waals surface area contributed by atoms with Crippen molar-refractivity contribution in [2.24, 2.45) is 4.99 Å². The molecule has 2 nitrogen and oxygen atoms in total. The predicted octanol–water partition coefficient (Wildman–Crippen LogP) is 6.16. The number of para-hydroxylation sites is 1. The largest absolute Gasteiger partial charge is 0.315 e. The Kier molecular flexibility index (Phi) is 4.59. The van der Waals surface area contributed by atoms with E-state index in [1.54, 1.807) is 0 Å². The van der Waals surface area contributed by atoms with Crippen LogP contribution in [0.25, 0.3) is 5.69 Å². The van der Waals surface area contributed by atoms with E-state index in [0.717, 1.165) is 11.5 Å². The molecular formula is C25H20N2S. The Morgan fingerprint density at radius 2 is 1.46 bits per heavy atom. The summed E-state index contributed by atoms with van der Waals surface area (Å²) in [6, 6.07) is 34.0. The molecule has 0 spiro atoms. The number of fused-ring (bicyclic) bond motifs is 3. The molecule has 0 saturated carbocycles. The average molecular weight is 381 g/mol. The van der Waals surface area contributed by atoms with Gasteiger partial charge in [0.25, 0.3) is 0 Å². The van der Waals surface area contributed by atoms with Crippen molar-refractivity contribution in [3.63, 3.8) is 0 Å². The molecule has 0 radical (unpaired) electrons. The van der Waals surface area contributed by atoms with Crippen LogP contribution in [0.4, 0.5) is 0 Å². The Morgan fingerprint density at radius 3 is 2.29 bits per heavy atom. The van der Waals surface area contributed by atoms with E-state index in [9.17, 15) is 0 Å². The number of nitrogens with zero attached hydrogens (tertiary/aromatic N) is 2. The van der Waals surface area contributed by atoms with Gasteiger partial charge in [0.1, 0.15) is 6.04 Å². The summed E-state index contributed by atoms with van der Waals surface area (Å²) in [5, 5.41) is 0. The van der Waals surface area contributed by atoms with Crippen molar-refractivity contribution in [3.8, 4) is 5.69 Å². The molecule has 1 aromatic heterocycles. The monoisotopic (exact) mass is 380 g/mol. The van der Waals surface area contributed by atoms with Crippen molar-refractivity contribution >= 4 is 17.5 Å². The maximum atomic E-state index is 5.29. The second kappa shape index (κ2) is 7.53. The zero-order valence-corrected chi connectivity index (χ0v) is 16.2. The van der Waals surface area contributed by atoms with Crippen molar-refractivity contribution in [2.75, 3.05) is 5.75 Å². The lowest BCUT2D eigenvalue weighted by Gasteiger charge is -2.16. The van der Waals surface area contributed by atoms with Gasteiger partial charge in [0, 0.05) is 22.4 Å². The highest BCUT2D eigenvalue weighted by molar-refractivity contribution is 8.00. The molecule has 136 valence electrons. The third-order valence-electron chi connectivity index (χ3n) is 5.05. The lowest BCUT2D eigenvalue weighted by molar-refractivity contribution is 0.868. The molecule has 0 unspecified atom stereocenters. The van der Waals surface area contributed by atoms with Crippen LogP contribution in [0, 0.1) is 0 Å². The molecule has 1 aliphatic rings. The second-order valence-corrected chi connectivity index (χ2v) is 7.86. The van der Waals surface area contributed by atoms with Gasteiger partial charge in [-0.15, -0.1) is 11.8 Å².